The van der Waals surface area contributed by atoms with Gasteiger partial charge >= 0.3 is 0 Å². The number of aromatic nitrogens is 1. The summed E-state index contributed by atoms with van der Waals surface area (Å²) in [5, 5.41) is 0. The molecule has 0 aliphatic carbocycles. The van der Waals surface area contributed by atoms with E-state index in [-0.39, 0.29) is 0 Å². The highest BCUT2D eigenvalue weighted by atomic mass is 32.2. The van der Waals surface area contributed by atoms with E-state index in [1.54, 1.807) is 11.8 Å². The number of nitrogens with zero attached hydrogens (tertiary/aromatic N) is 2. The molecular weight excluding hydrogens is 264 g/mol. The second-order valence-electron chi connectivity index (χ2n) is 5.23. The van der Waals surface area contributed by atoms with Crippen molar-refractivity contribution in [2.24, 2.45) is 0 Å². The molecule has 0 unspecified atom stereocenters. The lowest BCUT2D eigenvalue weighted by Crippen LogP contribution is -2.33. The van der Waals surface area contributed by atoms with Gasteiger partial charge in [-0.3, -0.25) is 0 Å². The molecule has 0 amide bonds. The number of rotatable bonds is 3. The second kappa shape index (κ2) is 6.31. The molecule has 3 heteroatoms. The number of hydrogen-bond acceptors (Lipinski definition) is 3. The molecule has 0 radical (unpaired) electrons. The predicted octanol–water partition coefficient (Wildman–Crippen LogP) is 4.19. The lowest BCUT2D eigenvalue weighted by atomic mass is 9.89. The molecule has 2 heterocycles. The first kappa shape index (κ1) is 13.5. The van der Waals surface area contributed by atoms with Crippen LogP contribution in [-0.4, -0.2) is 24.3 Å². The van der Waals surface area contributed by atoms with E-state index in [2.05, 4.69) is 58.6 Å². The first-order valence-corrected chi connectivity index (χ1v) is 8.39. The van der Waals surface area contributed by atoms with E-state index >= 15 is 0 Å². The summed E-state index contributed by atoms with van der Waals surface area (Å²) in [6, 6.07) is 15.2. The lowest BCUT2D eigenvalue weighted by Gasteiger charge is -2.33. The van der Waals surface area contributed by atoms with E-state index in [0.717, 1.165) is 18.9 Å². The molecule has 2 aromatic rings. The zero-order valence-electron chi connectivity index (χ0n) is 11.8. The summed E-state index contributed by atoms with van der Waals surface area (Å²) in [5.74, 6) is 1.83. The van der Waals surface area contributed by atoms with Crippen molar-refractivity contribution in [2.45, 2.75) is 23.7 Å². The Morgan fingerprint density at radius 2 is 1.80 bits per heavy atom. The van der Waals surface area contributed by atoms with Crippen LogP contribution in [0, 0.1) is 0 Å². The summed E-state index contributed by atoms with van der Waals surface area (Å²) < 4.78 is 0. The number of thioether (sulfide) groups is 1. The minimum atomic E-state index is 0.706. The quantitative estimate of drug-likeness (QED) is 0.786. The van der Waals surface area contributed by atoms with Crippen LogP contribution in [0.5, 0.6) is 0 Å². The van der Waals surface area contributed by atoms with Crippen molar-refractivity contribution in [3.63, 3.8) is 0 Å². The predicted molar refractivity (Wildman–Crippen MR) is 86.6 cm³/mol. The fraction of sp³-hybridized carbons (Fsp3) is 0.353. The van der Waals surface area contributed by atoms with Crippen molar-refractivity contribution in [1.29, 1.82) is 0 Å². The van der Waals surface area contributed by atoms with E-state index in [0.29, 0.717) is 5.92 Å². The van der Waals surface area contributed by atoms with Crippen LogP contribution in [0.4, 0.5) is 5.82 Å². The Morgan fingerprint density at radius 3 is 2.40 bits per heavy atom. The summed E-state index contributed by atoms with van der Waals surface area (Å²) in [4.78, 5) is 8.21. The lowest BCUT2D eigenvalue weighted by molar-refractivity contribution is 0.502. The maximum absolute atomic E-state index is 4.58. The van der Waals surface area contributed by atoms with Crippen molar-refractivity contribution in [2.75, 3.05) is 24.2 Å². The summed E-state index contributed by atoms with van der Waals surface area (Å²) in [6.45, 7) is 2.20. The molecule has 1 saturated heterocycles. The first-order chi connectivity index (χ1) is 9.86. The van der Waals surface area contributed by atoms with Gasteiger partial charge in [-0.1, -0.05) is 30.3 Å². The van der Waals surface area contributed by atoms with Crippen LogP contribution in [0.3, 0.4) is 0 Å². The molecule has 104 valence electrons. The summed E-state index contributed by atoms with van der Waals surface area (Å²) in [5.41, 5.74) is 1.48. The van der Waals surface area contributed by atoms with Crippen molar-refractivity contribution < 1.29 is 0 Å². The van der Waals surface area contributed by atoms with E-state index in [1.165, 1.54) is 23.3 Å². The molecule has 1 fully saturated rings. The van der Waals surface area contributed by atoms with Crippen LogP contribution < -0.4 is 4.90 Å². The average molecular weight is 284 g/mol. The minimum absolute atomic E-state index is 0.706. The molecular formula is C17H20N2S. The molecule has 1 aromatic carbocycles. The zero-order valence-corrected chi connectivity index (χ0v) is 12.6. The molecule has 1 aliphatic heterocycles. The van der Waals surface area contributed by atoms with Gasteiger partial charge in [-0.25, -0.2) is 4.98 Å². The van der Waals surface area contributed by atoms with Gasteiger partial charge < -0.3 is 4.90 Å². The van der Waals surface area contributed by atoms with Gasteiger partial charge in [-0.05, 0) is 42.7 Å². The molecule has 0 spiro atoms. The molecule has 1 aliphatic rings. The molecule has 3 rings (SSSR count). The second-order valence-corrected chi connectivity index (χ2v) is 6.11. The third kappa shape index (κ3) is 2.98. The van der Waals surface area contributed by atoms with E-state index in [4.69, 9.17) is 0 Å². The zero-order chi connectivity index (χ0) is 13.8. The highest BCUT2D eigenvalue weighted by Gasteiger charge is 2.21. The summed E-state index contributed by atoms with van der Waals surface area (Å²) in [7, 11) is 0. The highest BCUT2D eigenvalue weighted by molar-refractivity contribution is 7.98. The Hall–Kier alpha value is -1.48. The van der Waals surface area contributed by atoms with Crippen LogP contribution in [0.15, 0.2) is 53.6 Å². The molecule has 2 nitrogen and oxygen atoms in total. The van der Waals surface area contributed by atoms with E-state index < -0.39 is 0 Å². The summed E-state index contributed by atoms with van der Waals surface area (Å²) in [6.07, 6.45) is 6.50. The molecule has 0 saturated carbocycles. The third-order valence-corrected chi connectivity index (χ3v) is 4.76. The fourth-order valence-corrected chi connectivity index (χ4v) is 3.21. The standard InChI is InChI=1S/C17H20N2S/c1-20-16-7-8-17(18-13-16)19-11-9-15(10-12-19)14-5-3-2-4-6-14/h2-8,13,15H,9-12H2,1H3. The number of piperidine rings is 1. The number of anilines is 1. The maximum Gasteiger partial charge on any atom is 0.128 e. The Bertz CT molecular complexity index is 531. The van der Waals surface area contributed by atoms with Crippen LogP contribution >= 0.6 is 11.8 Å². The van der Waals surface area contributed by atoms with E-state index in [1.807, 2.05) is 6.20 Å². The van der Waals surface area contributed by atoms with Crippen LogP contribution in [0.1, 0.15) is 24.3 Å². The van der Waals surface area contributed by atoms with Crippen LogP contribution in [0.25, 0.3) is 0 Å². The smallest absolute Gasteiger partial charge is 0.128 e. The fourth-order valence-electron chi connectivity index (χ4n) is 2.85. The number of hydrogen-bond donors (Lipinski definition) is 0. The van der Waals surface area contributed by atoms with Gasteiger partial charge in [0.05, 0.1) is 0 Å². The SMILES string of the molecule is CSc1ccc(N2CCC(c3ccccc3)CC2)nc1. The Kier molecular flexibility index (Phi) is 4.26. The van der Waals surface area contributed by atoms with Gasteiger partial charge in [0, 0.05) is 24.2 Å². The molecule has 0 bridgehead atoms. The van der Waals surface area contributed by atoms with Gasteiger partial charge in [0.1, 0.15) is 5.82 Å². The van der Waals surface area contributed by atoms with Gasteiger partial charge in [0.2, 0.25) is 0 Å². The molecule has 0 N–H and O–H groups in total. The first-order valence-electron chi connectivity index (χ1n) is 7.17. The van der Waals surface area contributed by atoms with Crippen molar-refractivity contribution >= 4 is 17.6 Å². The van der Waals surface area contributed by atoms with E-state index in [9.17, 15) is 0 Å². The van der Waals surface area contributed by atoms with Gasteiger partial charge in [0.25, 0.3) is 0 Å². The highest BCUT2D eigenvalue weighted by Crippen LogP contribution is 2.29. The largest absolute Gasteiger partial charge is 0.357 e. The minimum Gasteiger partial charge on any atom is -0.357 e. The number of benzene rings is 1. The monoisotopic (exact) mass is 284 g/mol. The normalized spacial score (nSPS) is 16.4. The number of pyridine rings is 1. The van der Waals surface area contributed by atoms with Crippen molar-refractivity contribution in [3.05, 3.63) is 54.2 Å². The topological polar surface area (TPSA) is 16.1 Å². The van der Waals surface area contributed by atoms with Gasteiger partial charge in [0.15, 0.2) is 0 Å². The molecule has 20 heavy (non-hydrogen) atoms. The van der Waals surface area contributed by atoms with Gasteiger partial charge in [-0.15, -0.1) is 11.8 Å². The summed E-state index contributed by atoms with van der Waals surface area (Å²) >= 11 is 1.74. The maximum atomic E-state index is 4.58. The molecule has 0 atom stereocenters. The Balaban J connectivity index is 1.63. The van der Waals surface area contributed by atoms with Crippen LogP contribution in [0.2, 0.25) is 0 Å². The van der Waals surface area contributed by atoms with Crippen molar-refractivity contribution in [3.8, 4) is 0 Å². The third-order valence-electron chi connectivity index (χ3n) is 4.05. The van der Waals surface area contributed by atoms with Gasteiger partial charge in [-0.2, -0.15) is 0 Å². The Labute approximate surface area is 125 Å². The molecule has 1 aromatic heterocycles. The van der Waals surface area contributed by atoms with Crippen molar-refractivity contribution in [1.82, 2.24) is 4.98 Å². The Morgan fingerprint density at radius 1 is 1.05 bits per heavy atom. The average Bonchev–Trinajstić information content (AvgIpc) is 2.56. The van der Waals surface area contributed by atoms with Crippen LogP contribution in [-0.2, 0) is 0 Å².